The van der Waals surface area contributed by atoms with Gasteiger partial charge in [0.15, 0.2) is 0 Å². The van der Waals surface area contributed by atoms with Gasteiger partial charge in [-0.2, -0.15) is 0 Å². The molecule has 0 bridgehead atoms. The standard InChI is InChI=1S/C15H22N6O2/c1-18-2-6-21(7-3-18)15-16-10-13(11-17-15)14(23)20-8-4-19(12-22)5-9-20/h10-12H,2-9H2,1H3. The summed E-state index contributed by atoms with van der Waals surface area (Å²) in [6.45, 7) is 6.05. The van der Waals surface area contributed by atoms with Crippen LogP contribution in [0.25, 0.3) is 0 Å². The molecule has 0 N–H and O–H groups in total. The maximum atomic E-state index is 12.4. The summed E-state index contributed by atoms with van der Waals surface area (Å²) in [4.78, 5) is 39.7. The third-order valence-corrected chi connectivity index (χ3v) is 4.42. The van der Waals surface area contributed by atoms with E-state index in [1.165, 1.54) is 0 Å². The van der Waals surface area contributed by atoms with Gasteiger partial charge >= 0.3 is 0 Å². The highest BCUT2D eigenvalue weighted by Gasteiger charge is 2.22. The summed E-state index contributed by atoms with van der Waals surface area (Å²) < 4.78 is 0. The molecule has 0 aromatic carbocycles. The molecule has 2 amide bonds. The first-order valence-corrected chi connectivity index (χ1v) is 7.91. The van der Waals surface area contributed by atoms with Gasteiger partial charge in [0.25, 0.3) is 5.91 Å². The summed E-state index contributed by atoms with van der Waals surface area (Å²) in [7, 11) is 2.10. The smallest absolute Gasteiger partial charge is 0.257 e. The molecule has 0 radical (unpaired) electrons. The highest BCUT2D eigenvalue weighted by Crippen LogP contribution is 2.12. The first-order chi connectivity index (χ1) is 11.2. The molecule has 0 unspecified atom stereocenters. The summed E-state index contributed by atoms with van der Waals surface area (Å²) in [6, 6.07) is 0. The number of likely N-dealkylation sites (N-methyl/N-ethyl adjacent to an activating group) is 1. The van der Waals surface area contributed by atoms with E-state index in [2.05, 4.69) is 26.8 Å². The molecule has 0 saturated carbocycles. The maximum Gasteiger partial charge on any atom is 0.257 e. The van der Waals surface area contributed by atoms with E-state index >= 15 is 0 Å². The Morgan fingerprint density at radius 1 is 1.00 bits per heavy atom. The number of rotatable bonds is 3. The van der Waals surface area contributed by atoms with Gasteiger partial charge in [-0.1, -0.05) is 0 Å². The number of carbonyl (C=O) groups excluding carboxylic acids is 2. The van der Waals surface area contributed by atoms with Gasteiger partial charge in [0.2, 0.25) is 12.4 Å². The van der Waals surface area contributed by atoms with Crippen molar-refractivity contribution in [3.8, 4) is 0 Å². The second-order valence-corrected chi connectivity index (χ2v) is 6.00. The molecule has 23 heavy (non-hydrogen) atoms. The molecule has 3 heterocycles. The van der Waals surface area contributed by atoms with E-state index in [1.807, 2.05) is 0 Å². The lowest BCUT2D eigenvalue weighted by Gasteiger charge is -2.33. The van der Waals surface area contributed by atoms with Gasteiger partial charge in [-0.15, -0.1) is 0 Å². The lowest BCUT2D eigenvalue weighted by molar-refractivity contribution is -0.119. The summed E-state index contributed by atoms with van der Waals surface area (Å²) in [5.41, 5.74) is 0.502. The Kier molecular flexibility index (Phi) is 4.71. The fourth-order valence-corrected chi connectivity index (χ4v) is 2.81. The molecule has 124 valence electrons. The number of piperazine rings is 2. The van der Waals surface area contributed by atoms with Crippen molar-refractivity contribution >= 4 is 18.3 Å². The average molecular weight is 318 g/mol. The summed E-state index contributed by atoms with van der Waals surface area (Å²) in [6.07, 6.45) is 4.04. The van der Waals surface area contributed by atoms with Crippen LogP contribution in [-0.4, -0.2) is 96.4 Å². The number of carbonyl (C=O) groups is 2. The molecule has 0 atom stereocenters. The molecule has 2 saturated heterocycles. The largest absolute Gasteiger partial charge is 0.342 e. The molecule has 0 spiro atoms. The van der Waals surface area contributed by atoms with Crippen LogP contribution in [0.2, 0.25) is 0 Å². The summed E-state index contributed by atoms with van der Waals surface area (Å²) in [5.74, 6) is 0.612. The lowest BCUT2D eigenvalue weighted by atomic mass is 10.2. The first kappa shape index (κ1) is 15.7. The Hall–Kier alpha value is -2.22. The number of aromatic nitrogens is 2. The third kappa shape index (κ3) is 3.58. The van der Waals surface area contributed by atoms with Crippen molar-refractivity contribution in [2.24, 2.45) is 0 Å². The van der Waals surface area contributed by atoms with Crippen molar-refractivity contribution in [2.75, 3.05) is 64.3 Å². The molecule has 1 aromatic rings. The van der Waals surface area contributed by atoms with Crippen LogP contribution in [0.4, 0.5) is 5.95 Å². The van der Waals surface area contributed by atoms with Crippen LogP contribution in [-0.2, 0) is 4.79 Å². The SMILES string of the molecule is CN1CCN(c2ncc(C(=O)N3CCN(C=O)CC3)cn2)CC1. The topological polar surface area (TPSA) is 72.9 Å². The first-order valence-electron chi connectivity index (χ1n) is 7.91. The fourth-order valence-electron chi connectivity index (χ4n) is 2.81. The van der Waals surface area contributed by atoms with Crippen LogP contribution in [0.3, 0.4) is 0 Å². The molecule has 8 heteroatoms. The second kappa shape index (κ2) is 6.91. The quantitative estimate of drug-likeness (QED) is 0.676. The second-order valence-electron chi connectivity index (χ2n) is 6.00. The Labute approximate surface area is 135 Å². The number of anilines is 1. The zero-order chi connectivity index (χ0) is 16.2. The van der Waals surface area contributed by atoms with Crippen LogP contribution in [0, 0.1) is 0 Å². The highest BCUT2D eigenvalue weighted by molar-refractivity contribution is 5.93. The minimum atomic E-state index is -0.0690. The molecule has 1 aromatic heterocycles. The van der Waals surface area contributed by atoms with E-state index in [0.717, 1.165) is 32.6 Å². The number of hydrogen-bond donors (Lipinski definition) is 0. The van der Waals surface area contributed by atoms with Gasteiger partial charge in [0.1, 0.15) is 0 Å². The van der Waals surface area contributed by atoms with Crippen LogP contribution >= 0.6 is 0 Å². The highest BCUT2D eigenvalue weighted by atomic mass is 16.2. The minimum absolute atomic E-state index is 0.0690. The molecular formula is C15H22N6O2. The number of hydrogen-bond acceptors (Lipinski definition) is 6. The Morgan fingerprint density at radius 2 is 1.61 bits per heavy atom. The van der Waals surface area contributed by atoms with Crippen molar-refractivity contribution in [3.05, 3.63) is 18.0 Å². The van der Waals surface area contributed by atoms with Gasteiger partial charge in [-0.25, -0.2) is 9.97 Å². The van der Waals surface area contributed by atoms with E-state index < -0.39 is 0 Å². The van der Waals surface area contributed by atoms with Crippen LogP contribution in [0.5, 0.6) is 0 Å². The molecule has 8 nitrogen and oxygen atoms in total. The third-order valence-electron chi connectivity index (χ3n) is 4.42. The number of amides is 2. The van der Waals surface area contributed by atoms with E-state index in [-0.39, 0.29) is 5.91 Å². The van der Waals surface area contributed by atoms with Gasteiger partial charge in [-0.3, -0.25) is 9.59 Å². The Morgan fingerprint density at radius 3 is 2.17 bits per heavy atom. The van der Waals surface area contributed by atoms with Crippen molar-refractivity contribution < 1.29 is 9.59 Å². The Balaban J connectivity index is 1.60. The van der Waals surface area contributed by atoms with E-state index in [4.69, 9.17) is 0 Å². The monoisotopic (exact) mass is 318 g/mol. The average Bonchev–Trinajstić information content (AvgIpc) is 2.62. The fraction of sp³-hybridized carbons (Fsp3) is 0.600. The van der Waals surface area contributed by atoms with Gasteiger partial charge in [0, 0.05) is 64.8 Å². The molecule has 2 aliphatic heterocycles. The predicted octanol–water partition coefficient (Wildman–Crippen LogP) is -0.857. The number of nitrogens with zero attached hydrogens (tertiary/aromatic N) is 6. The van der Waals surface area contributed by atoms with Crippen molar-refractivity contribution in [2.45, 2.75) is 0 Å². The summed E-state index contributed by atoms with van der Waals surface area (Å²) in [5, 5.41) is 0. The zero-order valence-corrected chi connectivity index (χ0v) is 13.4. The van der Waals surface area contributed by atoms with Crippen LogP contribution in [0.1, 0.15) is 10.4 Å². The zero-order valence-electron chi connectivity index (χ0n) is 13.4. The molecule has 2 fully saturated rings. The van der Waals surface area contributed by atoms with Gasteiger partial charge in [-0.05, 0) is 7.05 Å². The van der Waals surface area contributed by atoms with Gasteiger partial charge < -0.3 is 19.6 Å². The van der Waals surface area contributed by atoms with E-state index in [0.29, 0.717) is 37.7 Å². The van der Waals surface area contributed by atoms with Crippen LogP contribution in [0.15, 0.2) is 12.4 Å². The Bertz CT molecular complexity index is 548. The molecule has 2 aliphatic rings. The van der Waals surface area contributed by atoms with E-state index in [9.17, 15) is 9.59 Å². The van der Waals surface area contributed by atoms with Crippen molar-refractivity contribution in [1.29, 1.82) is 0 Å². The maximum absolute atomic E-state index is 12.4. The minimum Gasteiger partial charge on any atom is -0.342 e. The van der Waals surface area contributed by atoms with Gasteiger partial charge in [0.05, 0.1) is 5.56 Å². The predicted molar refractivity (Wildman–Crippen MR) is 85.3 cm³/mol. The normalized spacial score (nSPS) is 19.8. The summed E-state index contributed by atoms with van der Waals surface area (Å²) >= 11 is 0. The lowest BCUT2D eigenvalue weighted by Crippen LogP contribution is -2.48. The molecular weight excluding hydrogens is 296 g/mol. The molecule has 3 rings (SSSR count). The van der Waals surface area contributed by atoms with Crippen molar-refractivity contribution in [1.82, 2.24) is 24.7 Å². The molecule has 0 aliphatic carbocycles. The van der Waals surface area contributed by atoms with Crippen molar-refractivity contribution in [3.63, 3.8) is 0 Å². The van der Waals surface area contributed by atoms with Crippen LogP contribution < -0.4 is 4.90 Å². The van der Waals surface area contributed by atoms with E-state index in [1.54, 1.807) is 22.2 Å².